The molecule has 0 bridgehead atoms. The van der Waals surface area contributed by atoms with E-state index in [1.165, 1.54) is 6.07 Å². The average Bonchev–Trinajstić information content (AvgIpc) is 2.62. The van der Waals surface area contributed by atoms with Crippen LogP contribution in [0.4, 0.5) is 5.69 Å². The summed E-state index contributed by atoms with van der Waals surface area (Å²) in [6.45, 7) is 8.26. The highest BCUT2D eigenvalue weighted by Crippen LogP contribution is 2.10. The van der Waals surface area contributed by atoms with Crippen molar-refractivity contribution >= 4 is 17.5 Å². The smallest absolute Gasteiger partial charge is 0.251 e. The molecule has 0 radical (unpaired) electrons. The number of rotatable bonds is 7. The van der Waals surface area contributed by atoms with Crippen LogP contribution in [0.1, 0.15) is 43.1 Å². The second-order valence-corrected chi connectivity index (χ2v) is 7.00. The fourth-order valence-corrected chi connectivity index (χ4v) is 2.71. The summed E-state index contributed by atoms with van der Waals surface area (Å²) in [5.41, 5.74) is 1.99. The summed E-state index contributed by atoms with van der Waals surface area (Å²) >= 11 is 0. The van der Waals surface area contributed by atoms with E-state index in [0.717, 1.165) is 12.0 Å². The molecule has 0 aliphatic heterocycles. The molecule has 6 heteroatoms. The van der Waals surface area contributed by atoms with Crippen LogP contribution >= 0.6 is 0 Å². The molecule has 2 N–H and O–H groups in total. The van der Waals surface area contributed by atoms with Gasteiger partial charge in [-0.15, -0.1) is 0 Å². The zero-order valence-corrected chi connectivity index (χ0v) is 16.3. The number of hydrogen-bond donors (Lipinski definition) is 2. The van der Waals surface area contributed by atoms with Crippen LogP contribution in [0.15, 0.2) is 47.4 Å². The van der Waals surface area contributed by atoms with E-state index in [2.05, 4.69) is 10.6 Å². The number of benzene rings is 1. The lowest BCUT2D eigenvalue weighted by Gasteiger charge is -2.22. The summed E-state index contributed by atoms with van der Waals surface area (Å²) in [7, 11) is 0. The normalized spacial score (nSPS) is 11.9. The van der Waals surface area contributed by atoms with Crippen molar-refractivity contribution in [2.75, 3.05) is 5.32 Å². The predicted octanol–water partition coefficient (Wildman–Crippen LogP) is 2.96. The van der Waals surface area contributed by atoms with E-state index >= 15 is 0 Å². The summed E-state index contributed by atoms with van der Waals surface area (Å²) in [5.74, 6) is -0.701. The van der Waals surface area contributed by atoms with Crippen molar-refractivity contribution in [3.8, 4) is 0 Å². The summed E-state index contributed by atoms with van der Waals surface area (Å²) in [4.78, 5) is 37.0. The van der Waals surface area contributed by atoms with Gasteiger partial charge in [0.1, 0.15) is 6.04 Å². The van der Waals surface area contributed by atoms with Gasteiger partial charge in [0.05, 0.1) is 5.69 Å². The molecule has 6 nitrogen and oxygen atoms in total. The Bertz CT molecular complexity index is 854. The van der Waals surface area contributed by atoms with Crippen LogP contribution < -0.4 is 16.2 Å². The Balaban J connectivity index is 2.13. The molecule has 27 heavy (non-hydrogen) atoms. The molecular formula is C21H27N3O3. The zero-order valence-electron chi connectivity index (χ0n) is 16.3. The minimum Gasteiger partial charge on any atom is -0.340 e. The molecule has 1 heterocycles. The van der Waals surface area contributed by atoms with E-state index in [9.17, 15) is 14.4 Å². The minimum absolute atomic E-state index is 0.0963. The standard InChI is InChI=1S/C21H27N3O3/c1-5-12-24-13-17(10-11-18(24)25)22-21(27)19(14(2)3)23-20(26)16-8-6-15(4)7-9-16/h6-11,13-14,19H,5,12H2,1-4H3,(H,22,27)(H,23,26)/t19-/m0/s1. The second-order valence-electron chi connectivity index (χ2n) is 7.00. The van der Waals surface area contributed by atoms with E-state index in [0.29, 0.717) is 17.8 Å². The molecule has 0 unspecified atom stereocenters. The average molecular weight is 369 g/mol. The molecule has 2 aromatic rings. The number of anilines is 1. The van der Waals surface area contributed by atoms with Crippen LogP contribution in [-0.4, -0.2) is 22.4 Å². The van der Waals surface area contributed by atoms with Crippen molar-refractivity contribution < 1.29 is 9.59 Å². The first-order valence-corrected chi connectivity index (χ1v) is 9.20. The molecule has 0 saturated heterocycles. The fourth-order valence-electron chi connectivity index (χ4n) is 2.71. The van der Waals surface area contributed by atoms with Crippen LogP contribution in [-0.2, 0) is 11.3 Å². The number of carbonyl (C=O) groups excluding carboxylic acids is 2. The summed E-state index contributed by atoms with van der Waals surface area (Å²) < 4.78 is 1.56. The highest BCUT2D eigenvalue weighted by molar-refractivity contribution is 6.01. The molecule has 0 fully saturated rings. The SMILES string of the molecule is CCCn1cc(NC(=O)[C@@H](NC(=O)c2ccc(C)cc2)C(C)C)ccc1=O. The third kappa shape index (κ3) is 5.54. The highest BCUT2D eigenvalue weighted by atomic mass is 16.2. The van der Waals surface area contributed by atoms with Crippen molar-refractivity contribution in [2.45, 2.75) is 46.7 Å². The number of nitrogens with one attached hydrogen (secondary N) is 2. The van der Waals surface area contributed by atoms with Gasteiger partial charge in [-0.2, -0.15) is 0 Å². The van der Waals surface area contributed by atoms with Gasteiger partial charge in [-0.25, -0.2) is 0 Å². The Morgan fingerprint density at radius 1 is 1.07 bits per heavy atom. The third-order valence-corrected chi connectivity index (χ3v) is 4.27. The lowest BCUT2D eigenvalue weighted by molar-refractivity contribution is -0.118. The molecule has 0 spiro atoms. The maximum atomic E-state index is 12.7. The summed E-state index contributed by atoms with van der Waals surface area (Å²) in [6, 6.07) is 9.50. The molecule has 2 rings (SSSR count). The summed E-state index contributed by atoms with van der Waals surface area (Å²) in [6.07, 6.45) is 2.45. The minimum atomic E-state index is -0.689. The predicted molar refractivity (Wildman–Crippen MR) is 107 cm³/mol. The molecule has 2 amide bonds. The number of nitrogens with zero attached hydrogens (tertiary/aromatic N) is 1. The third-order valence-electron chi connectivity index (χ3n) is 4.27. The second kappa shape index (κ2) is 9.16. The Morgan fingerprint density at radius 3 is 2.33 bits per heavy atom. The molecule has 1 aromatic heterocycles. The van der Waals surface area contributed by atoms with Gasteiger partial charge in [-0.05, 0) is 37.5 Å². The zero-order chi connectivity index (χ0) is 20.0. The van der Waals surface area contributed by atoms with Crippen molar-refractivity contribution in [3.05, 3.63) is 64.1 Å². The first kappa shape index (κ1) is 20.4. The maximum absolute atomic E-state index is 12.7. The van der Waals surface area contributed by atoms with Crippen molar-refractivity contribution in [1.29, 1.82) is 0 Å². The molecule has 0 aliphatic rings. The van der Waals surface area contributed by atoms with Crippen LogP contribution in [0.25, 0.3) is 0 Å². The fraction of sp³-hybridized carbons (Fsp3) is 0.381. The van der Waals surface area contributed by atoms with Gasteiger partial charge in [-0.1, -0.05) is 38.5 Å². The largest absolute Gasteiger partial charge is 0.340 e. The van der Waals surface area contributed by atoms with E-state index in [1.54, 1.807) is 29.0 Å². The quantitative estimate of drug-likeness (QED) is 0.787. The number of aryl methyl sites for hydroxylation is 2. The van der Waals surface area contributed by atoms with Crippen LogP contribution in [0, 0.1) is 12.8 Å². The number of hydrogen-bond acceptors (Lipinski definition) is 3. The number of amides is 2. The first-order valence-electron chi connectivity index (χ1n) is 9.20. The van der Waals surface area contributed by atoms with Crippen LogP contribution in [0.2, 0.25) is 0 Å². The van der Waals surface area contributed by atoms with E-state index in [-0.39, 0.29) is 23.3 Å². The monoisotopic (exact) mass is 369 g/mol. The van der Waals surface area contributed by atoms with Crippen molar-refractivity contribution in [2.24, 2.45) is 5.92 Å². The topological polar surface area (TPSA) is 80.2 Å². The molecule has 0 saturated carbocycles. The number of aromatic nitrogens is 1. The molecule has 0 aliphatic carbocycles. The van der Waals surface area contributed by atoms with Crippen molar-refractivity contribution in [1.82, 2.24) is 9.88 Å². The van der Waals surface area contributed by atoms with Crippen LogP contribution in [0.3, 0.4) is 0 Å². The van der Waals surface area contributed by atoms with E-state index in [4.69, 9.17) is 0 Å². The lowest BCUT2D eigenvalue weighted by atomic mass is 10.0. The molecule has 1 atom stereocenters. The van der Waals surface area contributed by atoms with E-state index < -0.39 is 6.04 Å². The number of pyridine rings is 1. The number of carbonyl (C=O) groups is 2. The Kier molecular flexibility index (Phi) is 6.93. The maximum Gasteiger partial charge on any atom is 0.251 e. The molecule has 144 valence electrons. The first-order chi connectivity index (χ1) is 12.8. The van der Waals surface area contributed by atoms with Crippen LogP contribution in [0.5, 0.6) is 0 Å². The highest BCUT2D eigenvalue weighted by Gasteiger charge is 2.25. The van der Waals surface area contributed by atoms with Crippen molar-refractivity contribution in [3.63, 3.8) is 0 Å². The molecule has 1 aromatic carbocycles. The van der Waals surface area contributed by atoms with Gasteiger partial charge in [0.2, 0.25) is 5.91 Å². The summed E-state index contributed by atoms with van der Waals surface area (Å²) in [5, 5.41) is 5.61. The van der Waals surface area contributed by atoms with Gasteiger partial charge in [0.15, 0.2) is 0 Å². The van der Waals surface area contributed by atoms with Gasteiger partial charge < -0.3 is 15.2 Å². The van der Waals surface area contributed by atoms with Gasteiger partial charge >= 0.3 is 0 Å². The Hall–Kier alpha value is -2.89. The Labute approximate surface area is 159 Å². The van der Waals surface area contributed by atoms with E-state index in [1.807, 2.05) is 39.8 Å². The Morgan fingerprint density at radius 2 is 1.74 bits per heavy atom. The van der Waals surface area contributed by atoms with Gasteiger partial charge in [-0.3, -0.25) is 14.4 Å². The molecular weight excluding hydrogens is 342 g/mol. The van der Waals surface area contributed by atoms with Gasteiger partial charge in [0, 0.05) is 24.4 Å². The van der Waals surface area contributed by atoms with Gasteiger partial charge in [0.25, 0.3) is 11.5 Å². The lowest BCUT2D eigenvalue weighted by Crippen LogP contribution is -2.47.